The maximum atomic E-state index is 13.1. The molecule has 2 fully saturated rings. The molecule has 9 heteroatoms. The lowest BCUT2D eigenvalue weighted by atomic mass is 10.1. The number of nitrogens with zero attached hydrogens (tertiary/aromatic N) is 4. The lowest BCUT2D eigenvalue weighted by molar-refractivity contribution is 0.0946. The van der Waals surface area contributed by atoms with Gasteiger partial charge in [0.15, 0.2) is 5.82 Å². The van der Waals surface area contributed by atoms with Gasteiger partial charge in [-0.25, -0.2) is 19.2 Å². The molecule has 28 heavy (non-hydrogen) atoms. The van der Waals surface area contributed by atoms with Crippen molar-refractivity contribution in [3.8, 4) is 0 Å². The summed E-state index contributed by atoms with van der Waals surface area (Å²) < 4.78 is 13.1. The predicted molar refractivity (Wildman–Crippen MR) is 101 cm³/mol. The van der Waals surface area contributed by atoms with Gasteiger partial charge >= 0.3 is 6.03 Å². The van der Waals surface area contributed by atoms with Gasteiger partial charge in [0.1, 0.15) is 17.3 Å². The highest BCUT2D eigenvalue weighted by atomic mass is 19.1. The first-order valence-electron chi connectivity index (χ1n) is 9.37. The molecule has 2 N–H and O–H groups in total. The second kappa shape index (κ2) is 6.43. The highest BCUT2D eigenvalue weighted by molar-refractivity contribution is 6.05. The number of fused-ring (bicyclic) bond motifs is 4. The number of anilines is 3. The third-order valence-electron chi connectivity index (χ3n) is 5.28. The number of hydrogen-bond donors (Lipinski definition) is 2. The Morgan fingerprint density at radius 2 is 2.00 bits per heavy atom. The Morgan fingerprint density at radius 1 is 1.14 bits per heavy atom. The first-order valence-corrected chi connectivity index (χ1v) is 9.37. The van der Waals surface area contributed by atoms with Crippen molar-refractivity contribution in [2.24, 2.45) is 0 Å². The summed E-state index contributed by atoms with van der Waals surface area (Å²) in [5.74, 6) is 0.0346. The van der Waals surface area contributed by atoms with E-state index in [0.717, 1.165) is 37.7 Å². The summed E-state index contributed by atoms with van der Waals surface area (Å²) in [6.07, 6.45) is 3.84. The number of pyridine rings is 2. The highest BCUT2D eigenvalue weighted by Gasteiger charge is 2.40. The number of aromatic nitrogens is 2. The van der Waals surface area contributed by atoms with E-state index in [-0.39, 0.29) is 29.8 Å². The van der Waals surface area contributed by atoms with Crippen molar-refractivity contribution >= 4 is 29.3 Å². The van der Waals surface area contributed by atoms with Crippen LogP contribution in [0.2, 0.25) is 0 Å². The highest BCUT2D eigenvalue weighted by Crippen LogP contribution is 2.39. The Morgan fingerprint density at radius 3 is 2.75 bits per heavy atom. The average Bonchev–Trinajstić information content (AvgIpc) is 3.41. The Bertz CT molecular complexity index is 946. The number of carbonyl (C=O) groups is 2. The van der Waals surface area contributed by atoms with Crippen LogP contribution < -0.4 is 20.4 Å². The lowest BCUT2D eigenvalue weighted by Gasteiger charge is -2.35. The van der Waals surface area contributed by atoms with Gasteiger partial charge in [-0.3, -0.25) is 15.0 Å². The van der Waals surface area contributed by atoms with Crippen molar-refractivity contribution in [2.75, 3.05) is 28.2 Å². The van der Waals surface area contributed by atoms with Crippen LogP contribution in [0.25, 0.3) is 0 Å². The van der Waals surface area contributed by atoms with Gasteiger partial charge in [0, 0.05) is 19.1 Å². The van der Waals surface area contributed by atoms with E-state index in [1.165, 1.54) is 12.1 Å². The van der Waals surface area contributed by atoms with E-state index in [1.807, 2.05) is 6.07 Å². The molecule has 1 saturated carbocycles. The fourth-order valence-corrected chi connectivity index (χ4v) is 3.70. The molecule has 0 unspecified atom stereocenters. The molecule has 1 atom stereocenters. The minimum Gasteiger partial charge on any atom is -0.366 e. The minimum atomic E-state index is -0.472. The summed E-state index contributed by atoms with van der Waals surface area (Å²) in [6, 6.07) is 6.00. The molecular weight excluding hydrogens is 363 g/mol. The zero-order valence-electron chi connectivity index (χ0n) is 15.1. The van der Waals surface area contributed by atoms with E-state index in [9.17, 15) is 14.0 Å². The van der Waals surface area contributed by atoms with Crippen molar-refractivity contribution in [3.63, 3.8) is 0 Å². The normalized spacial score (nSPS) is 20.0. The molecule has 4 heterocycles. The van der Waals surface area contributed by atoms with E-state index in [4.69, 9.17) is 0 Å². The van der Waals surface area contributed by atoms with Gasteiger partial charge in [-0.05, 0) is 43.5 Å². The molecule has 0 aromatic carbocycles. The van der Waals surface area contributed by atoms with Crippen LogP contribution in [-0.4, -0.2) is 47.1 Å². The van der Waals surface area contributed by atoms with Crippen LogP contribution in [0.15, 0.2) is 30.5 Å². The van der Waals surface area contributed by atoms with E-state index < -0.39 is 5.82 Å². The Hall–Kier alpha value is -3.23. The number of amides is 3. The quantitative estimate of drug-likeness (QED) is 0.849. The van der Waals surface area contributed by atoms with E-state index in [0.29, 0.717) is 18.1 Å². The molecule has 1 saturated heterocycles. The molecule has 5 rings (SSSR count). The van der Waals surface area contributed by atoms with E-state index in [1.54, 1.807) is 11.0 Å². The summed E-state index contributed by atoms with van der Waals surface area (Å²) in [6.45, 7) is 1.54. The maximum Gasteiger partial charge on any atom is 0.329 e. The third kappa shape index (κ3) is 3.02. The molecule has 1 aliphatic carbocycles. The third-order valence-corrected chi connectivity index (χ3v) is 5.28. The first-order chi connectivity index (χ1) is 13.6. The van der Waals surface area contributed by atoms with Crippen LogP contribution in [0.3, 0.4) is 0 Å². The van der Waals surface area contributed by atoms with Crippen molar-refractivity contribution in [1.29, 1.82) is 0 Å². The predicted octanol–water partition coefficient (Wildman–Crippen LogP) is 2.14. The van der Waals surface area contributed by atoms with Crippen LogP contribution in [0.5, 0.6) is 0 Å². The second-order valence-corrected chi connectivity index (χ2v) is 7.34. The Balaban J connectivity index is 1.45. The van der Waals surface area contributed by atoms with Crippen molar-refractivity contribution in [1.82, 2.24) is 15.3 Å². The molecule has 2 aromatic rings. The van der Waals surface area contributed by atoms with E-state index >= 15 is 0 Å². The topological polar surface area (TPSA) is 90.5 Å². The summed E-state index contributed by atoms with van der Waals surface area (Å²) in [5.41, 5.74) is 1.13. The zero-order valence-corrected chi connectivity index (χ0v) is 15.1. The van der Waals surface area contributed by atoms with Crippen LogP contribution >= 0.6 is 0 Å². The van der Waals surface area contributed by atoms with Crippen LogP contribution in [0, 0.1) is 5.82 Å². The number of halogens is 1. The molecule has 2 aliphatic heterocycles. The number of nitrogens with one attached hydrogen (secondary N) is 2. The standard InChI is InChI=1S/C19H19FN6O2/c20-11-1-6-16(21-9-11)24-19(28)26-13-7-8-25(10-13)15-5-4-14(23-17(15)26)18(27)22-12-2-3-12/h1,4-6,9,12-13H,2-3,7-8,10H2,(H,22,27)(H,21,24,28)/t13-/m0/s1. The molecule has 3 aliphatic rings. The summed E-state index contributed by atoms with van der Waals surface area (Å²) in [7, 11) is 0. The molecule has 8 nitrogen and oxygen atoms in total. The van der Waals surface area contributed by atoms with Gasteiger partial charge in [-0.1, -0.05) is 0 Å². The van der Waals surface area contributed by atoms with Crippen molar-refractivity contribution in [2.45, 2.75) is 31.3 Å². The lowest BCUT2D eigenvalue weighted by Crippen LogP contribution is -2.48. The fraction of sp³-hybridized carbons (Fsp3) is 0.368. The zero-order chi connectivity index (χ0) is 19.3. The Labute approximate surface area is 160 Å². The number of hydrogen-bond acceptors (Lipinski definition) is 5. The molecule has 3 amide bonds. The summed E-state index contributed by atoms with van der Waals surface area (Å²) in [5, 5.41) is 5.63. The van der Waals surface area contributed by atoms with Gasteiger partial charge < -0.3 is 10.2 Å². The van der Waals surface area contributed by atoms with Crippen molar-refractivity contribution < 1.29 is 14.0 Å². The number of urea groups is 1. The van der Waals surface area contributed by atoms with Crippen LogP contribution in [0.1, 0.15) is 29.8 Å². The fourth-order valence-electron chi connectivity index (χ4n) is 3.70. The smallest absolute Gasteiger partial charge is 0.329 e. The molecule has 2 aromatic heterocycles. The molecule has 2 bridgehead atoms. The van der Waals surface area contributed by atoms with Gasteiger partial charge in [-0.2, -0.15) is 0 Å². The van der Waals surface area contributed by atoms with Gasteiger partial charge in [0.2, 0.25) is 0 Å². The van der Waals surface area contributed by atoms with Crippen molar-refractivity contribution in [3.05, 3.63) is 42.0 Å². The SMILES string of the molecule is O=C(NC1CC1)c1ccc2c(n1)N(C(=O)Nc1ccc(F)cn1)[C@H]1CCN2C1. The van der Waals surface area contributed by atoms with Gasteiger partial charge in [0.25, 0.3) is 5.91 Å². The minimum absolute atomic E-state index is 0.0396. The monoisotopic (exact) mass is 382 g/mol. The molecular formula is C19H19FN6O2. The maximum absolute atomic E-state index is 13.1. The van der Waals surface area contributed by atoms with Gasteiger partial charge in [-0.15, -0.1) is 0 Å². The number of carbonyl (C=O) groups excluding carboxylic acids is 2. The molecule has 0 spiro atoms. The molecule has 0 radical (unpaired) electrons. The Kier molecular flexibility index (Phi) is 3.88. The molecule has 144 valence electrons. The largest absolute Gasteiger partial charge is 0.366 e. The van der Waals surface area contributed by atoms with Crippen LogP contribution in [-0.2, 0) is 0 Å². The summed E-state index contributed by atoms with van der Waals surface area (Å²) >= 11 is 0. The second-order valence-electron chi connectivity index (χ2n) is 7.34. The van der Waals surface area contributed by atoms with Crippen LogP contribution in [0.4, 0.5) is 26.5 Å². The van der Waals surface area contributed by atoms with Gasteiger partial charge in [0.05, 0.1) is 17.9 Å². The van der Waals surface area contributed by atoms with E-state index in [2.05, 4.69) is 25.5 Å². The average molecular weight is 382 g/mol. The summed E-state index contributed by atoms with van der Waals surface area (Å²) in [4.78, 5) is 37.6. The first kappa shape index (κ1) is 16.9. The number of rotatable bonds is 3.